The van der Waals surface area contributed by atoms with E-state index in [9.17, 15) is 4.79 Å². The Bertz CT molecular complexity index is 883. The summed E-state index contributed by atoms with van der Waals surface area (Å²) in [5.74, 6) is 1.41. The van der Waals surface area contributed by atoms with Gasteiger partial charge in [-0.2, -0.15) is 0 Å². The van der Waals surface area contributed by atoms with Crippen LogP contribution in [0.4, 0.5) is 0 Å². The Kier molecular flexibility index (Phi) is 4.42. The molecule has 0 atom stereocenters. The highest BCUT2D eigenvalue weighted by molar-refractivity contribution is 5.99. The van der Waals surface area contributed by atoms with E-state index in [1.807, 2.05) is 60.1 Å². The van der Waals surface area contributed by atoms with Crippen LogP contribution in [-0.4, -0.2) is 24.7 Å². The van der Waals surface area contributed by atoms with E-state index < -0.39 is 0 Å². The molecule has 3 aromatic rings. The molecule has 24 heavy (non-hydrogen) atoms. The van der Waals surface area contributed by atoms with Crippen molar-refractivity contribution in [2.45, 2.75) is 6.54 Å². The normalized spacial score (nSPS) is 10.6. The molecular formula is C19H20N2O3. The van der Waals surface area contributed by atoms with Gasteiger partial charge in [-0.3, -0.25) is 4.79 Å². The number of methoxy groups -OCH3 is 2. The van der Waals surface area contributed by atoms with Crippen LogP contribution in [0.25, 0.3) is 10.9 Å². The average molecular weight is 324 g/mol. The summed E-state index contributed by atoms with van der Waals surface area (Å²) in [6.45, 7) is 0.410. The first-order valence-corrected chi connectivity index (χ1v) is 7.67. The van der Waals surface area contributed by atoms with Gasteiger partial charge in [-0.1, -0.05) is 18.2 Å². The van der Waals surface area contributed by atoms with Crippen molar-refractivity contribution in [2.24, 2.45) is 7.05 Å². The minimum absolute atomic E-state index is 0.126. The Balaban J connectivity index is 1.82. The van der Waals surface area contributed by atoms with Gasteiger partial charge in [0, 0.05) is 30.1 Å². The maximum absolute atomic E-state index is 12.6. The van der Waals surface area contributed by atoms with E-state index in [0.29, 0.717) is 12.2 Å². The number of hydrogen-bond donors (Lipinski definition) is 1. The van der Waals surface area contributed by atoms with Gasteiger partial charge in [0.05, 0.1) is 14.2 Å². The zero-order chi connectivity index (χ0) is 17.1. The van der Waals surface area contributed by atoms with E-state index in [1.54, 1.807) is 14.2 Å². The van der Waals surface area contributed by atoms with Gasteiger partial charge in [-0.25, -0.2) is 0 Å². The number of aromatic nitrogens is 1. The molecule has 1 N–H and O–H groups in total. The topological polar surface area (TPSA) is 52.5 Å². The van der Waals surface area contributed by atoms with Gasteiger partial charge in [0.25, 0.3) is 5.91 Å². The van der Waals surface area contributed by atoms with Gasteiger partial charge < -0.3 is 19.4 Å². The van der Waals surface area contributed by atoms with E-state index in [2.05, 4.69) is 5.32 Å². The molecule has 0 saturated heterocycles. The highest BCUT2D eigenvalue weighted by Gasteiger charge is 2.14. The van der Waals surface area contributed by atoms with Gasteiger partial charge >= 0.3 is 0 Å². The highest BCUT2D eigenvalue weighted by atomic mass is 16.5. The van der Waals surface area contributed by atoms with Crippen molar-refractivity contribution >= 4 is 16.8 Å². The second-order valence-electron chi connectivity index (χ2n) is 5.51. The van der Waals surface area contributed by atoms with Crippen molar-refractivity contribution in [3.05, 3.63) is 59.8 Å². The lowest BCUT2D eigenvalue weighted by Gasteiger charge is -2.10. The van der Waals surface area contributed by atoms with Crippen LogP contribution in [0.2, 0.25) is 0 Å². The first kappa shape index (κ1) is 15.9. The number of benzene rings is 2. The fourth-order valence-electron chi connectivity index (χ4n) is 2.79. The summed E-state index contributed by atoms with van der Waals surface area (Å²) in [5, 5.41) is 3.92. The third-order valence-electron chi connectivity index (χ3n) is 4.11. The fourth-order valence-corrected chi connectivity index (χ4v) is 2.79. The number of hydrogen-bond acceptors (Lipinski definition) is 3. The van der Waals surface area contributed by atoms with Gasteiger partial charge in [0.2, 0.25) is 0 Å². The molecule has 1 aromatic heterocycles. The van der Waals surface area contributed by atoms with Gasteiger partial charge in [-0.15, -0.1) is 0 Å². The summed E-state index contributed by atoms with van der Waals surface area (Å²) >= 11 is 0. The van der Waals surface area contributed by atoms with Crippen molar-refractivity contribution in [3.63, 3.8) is 0 Å². The van der Waals surface area contributed by atoms with Crippen molar-refractivity contribution < 1.29 is 14.3 Å². The zero-order valence-electron chi connectivity index (χ0n) is 14.0. The van der Waals surface area contributed by atoms with Crippen molar-refractivity contribution in [3.8, 4) is 11.5 Å². The molecule has 0 saturated carbocycles. The van der Waals surface area contributed by atoms with Crippen LogP contribution in [-0.2, 0) is 13.6 Å². The monoisotopic (exact) mass is 324 g/mol. The van der Waals surface area contributed by atoms with E-state index in [1.165, 1.54) is 0 Å². The van der Waals surface area contributed by atoms with E-state index in [4.69, 9.17) is 9.47 Å². The standard InChI is InChI=1S/C19H20N2O3/c1-21-16-9-8-15(23-2)10-14(16)11-17(21)19(22)20-12-13-6-4-5-7-18(13)24-3/h4-11H,12H2,1-3H3,(H,20,22). The minimum atomic E-state index is -0.126. The minimum Gasteiger partial charge on any atom is -0.497 e. The molecule has 0 unspecified atom stereocenters. The molecule has 0 aliphatic rings. The van der Waals surface area contributed by atoms with E-state index >= 15 is 0 Å². The summed E-state index contributed by atoms with van der Waals surface area (Å²) in [6, 6.07) is 15.3. The largest absolute Gasteiger partial charge is 0.497 e. The highest BCUT2D eigenvalue weighted by Crippen LogP contribution is 2.24. The second-order valence-corrected chi connectivity index (χ2v) is 5.51. The smallest absolute Gasteiger partial charge is 0.268 e. The van der Waals surface area contributed by atoms with Crippen LogP contribution in [0, 0.1) is 0 Å². The number of nitrogens with zero attached hydrogens (tertiary/aromatic N) is 1. The number of rotatable bonds is 5. The summed E-state index contributed by atoms with van der Waals surface area (Å²) in [7, 11) is 5.13. The molecule has 0 spiro atoms. The molecule has 0 radical (unpaired) electrons. The van der Waals surface area contributed by atoms with E-state index in [-0.39, 0.29) is 5.91 Å². The predicted molar refractivity (Wildman–Crippen MR) is 93.6 cm³/mol. The molecule has 0 fully saturated rings. The van der Waals surface area contributed by atoms with Crippen molar-refractivity contribution in [2.75, 3.05) is 14.2 Å². The number of fused-ring (bicyclic) bond motifs is 1. The predicted octanol–water partition coefficient (Wildman–Crippen LogP) is 3.13. The lowest BCUT2D eigenvalue weighted by atomic mass is 10.2. The Hall–Kier alpha value is -2.95. The third kappa shape index (κ3) is 2.93. The summed E-state index contributed by atoms with van der Waals surface area (Å²) in [5.41, 5.74) is 2.53. The van der Waals surface area contributed by atoms with E-state index in [0.717, 1.165) is 28.0 Å². The quantitative estimate of drug-likeness (QED) is 0.784. The first-order chi connectivity index (χ1) is 11.6. The fraction of sp³-hybridized carbons (Fsp3) is 0.211. The molecule has 0 aliphatic heterocycles. The van der Waals surface area contributed by atoms with Crippen molar-refractivity contribution in [1.82, 2.24) is 9.88 Å². The second kappa shape index (κ2) is 6.66. The average Bonchev–Trinajstić information content (AvgIpc) is 2.96. The summed E-state index contributed by atoms with van der Waals surface area (Å²) in [4.78, 5) is 12.6. The van der Waals surface area contributed by atoms with Gasteiger partial charge in [-0.05, 0) is 30.3 Å². The molecule has 5 nitrogen and oxygen atoms in total. The number of aryl methyl sites for hydroxylation is 1. The molecule has 2 aromatic carbocycles. The molecule has 3 rings (SSSR count). The van der Waals surface area contributed by atoms with Gasteiger partial charge in [0.15, 0.2) is 0 Å². The molecule has 5 heteroatoms. The molecule has 1 heterocycles. The Morgan fingerprint density at radius 2 is 1.88 bits per heavy atom. The maximum atomic E-state index is 12.6. The molecular weight excluding hydrogens is 304 g/mol. The zero-order valence-corrected chi connectivity index (χ0v) is 14.0. The van der Waals surface area contributed by atoms with Crippen LogP contribution in [0.3, 0.4) is 0 Å². The number of para-hydroxylation sites is 1. The van der Waals surface area contributed by atoms with Crippen LogP contribution in [0.1, 0.15) is 16.1 Å². The van der Waals surface area contributed by atoms with Crippen LogP contribution in [0.5, 0.6) is 11.5 Å². The molecule has 0 aliphatic carbocycles. The number of carbonyl (C=O) groups excluding carboxylic acids is 1. The number of carbonyl (C=O) groups is 1. The van der Waals surface area contributed by atoms with Crippen LogP contribution < -0.4 is 14.8 Å². The SMILES string of the molecule is COc1ccc2c(c1)cc(C(=O)NCc1ccccc1OC)n2C. The molecule has 0 bridgehead atoms. The maximum Gasteiger partial charge on any atom is 0.268 e. The number of ether oxygens (including phenoxy) is 2. The number of amides is 1. The van der Waals surface area contributed by atoms with Crippen LogP contribution in [0.15, 0.2) is 48.5 Å². The Morgan fingerprint density at radius 1 is 1.08 bits per heavy atom. The van der Waals surface area contributed by atoms with Gasteiger partial charge in [0.1, 0.15) is 17.2 Å². The van der Waals surface area contributed by atoms with Crippen molar-refractivity contribution in [1.29, 1.82) is 0 Å². The third-order valence-corrected chi connectivity index (χ3v) is 4.11. The first-order valence-electron chi connectivity index (χ1n) is 7.67. The Morgan fingerprint density at radius 3 is 2.62 bits per heavy atom. The lowest BCUT2D eigenvalue weighted by molar-refractivity contribution is 0.0943. The molecule has 124 valence electrons. The number of nitrogens with one attached hydrogen (secondary N) is 1. The summed E-state index contributed by atoms with van der Waals surface area (Å²) < 4.78 is 12.4. The molecule has 1 amide bonds. The lowest BCUT2D eigenvalue weighted by Crippen LogP contribution is -2.25. The summed E-state index contributed by atoms with van der Waals surface area (Å²) in [6.07, 6.45) is 0. The van der Waals surface area contributed by atoms with Crippen LogP contribution >= 0.6 is 0 Å². The Labute approximate surface area is 140 Å².